The van der Waals surface area contributed by atoms with Crippen molar-refractivity contribution in [1.82, 2.24) is 10.2 Å². The van der Waals surface area contributed by atoms with Crippen LogP contribution in [0.3, 0.4) is 0 Å². The first-order valence-corrected chi connectivity index (χ1v) is 7.92. The van der Waals surface area contributed by atoms with Gasteiger partial charge < -0.3 is 16.0 Å². The fourth-order valence-electron chi connectivity index (χ4n) is 3.30. The van der Waals surface area contributed by atoms with Crippen molar-refractivity contribution in [2.45, 2.75) is 52.0 Å². The Balaban J connectivity index is 0.00000200. The Morgan fingerprint density at radius 2 is 2.00 bits per heavy atom. The molecular weight excluding hydrogens is 363 g/mol. The lowest BCUT2D eigenvalue weighted by Gasteiger charge is -2.18. The summed E-state index contributed by atoms with van der Waals surface area (Å²) in [5, 5.41) is 3.36. The number of hydrogen-bond acceptors (Lipinski definition) is 2. The quantitative estimate of drug-likeness (QED) is 0.428. The van der Waals surface area contributed by atoms with Crippen molar-refractivity contribution in [2.75, 3.05) is 26.2 Å². The first-order chi connectivity index (χ1) is 9.13. The summed E-state index contributed by atoms with van der Waals surface area (Å²) in [5.74, 6) is 2.12. The van der Waals surface area contributed by atoms with E-state index in [0.29, 0.717) is 17.9 Å². The number of nitrogens with zero attached hydrogens (tertiary/aromatic N) is 2. The lowest BCUT2D eigenvalue weighted by atomic mass is 10.1. The maximum Gasteiger partial charge on any atom is 0.188 e. The molecule has 0 amide bonds. The monoisotopic (exact) mass is 394 g/mol. The predicted octanol–water partition coefficient (Wildman–Crippen LogP) is 2.43. The Morgan fingerprint density at radius 3 is 2.65 bits per heavy atom. The van der Waals surface area contributed by atoms with Gasteiger partial charge in [0.05, 0.1) is 0 Å². The second-order valence-corrected chi connectivity index (χ2v) is 6.66. The van der Waals surface area contributed by atoms with Gasteiger partial charge in [0.1, 0.15) is 0 Å². The number of likely N-dealkylation sites (tertiary alicyclic amines) is 1. The van der Waals surface area contributed by atoms with Gasteiger partial charge in [0.2, 0.25) is 0 Å². The maximum atomic E-state index is 5.97. The molecule has 1 saturated carbocycles. The van der Waals surface area contributed by atoms with Crippen molar-refractivity contribution in [1.29, 1.82) is 0 Å². The molecule has 5 heteroatoms. The summed E-state index contributed by atoms with van der Waals surface area (Å²) in [5.41, 5.74) is 5.97. The summed E-state index contributed by atoms with van der Waals surface area (Å²) in [6.45, 7) is 9.10. The SMILES string of the molecule is CC(C)CN1CCC(CN=C(N)NC2CCCC2)C1.I. The van der Waals surface area contributed by atoms with E-state index in [4.69, 9.17) is 5.73 Å². The van der Waals surface area contributed by atoms with Crippen LogP contribution in [0.1, 0.15) is 46.0 Å². The van der Waals surface area contributed by atoms with Crippen LogP contribution in [0.2, 0.25) is 0 Å². The number of halogens is 1. The summed E-state index contributed by atoms with van der Waals surface area (Å²) >= 11 is 0. The molecule has 1 heterocycles. The van der Waals surface area contributed by atoms with Gasteiger partial charge in [-0.05, 0) is 37.6 Å². The second kappa shape index (κ2) is 9.07. The number of rotatable bonds is 5. The van der Waals surface area contributed by atoms with Crippen LogP contribution in [0.25, 0.3) is 0 Å². The van der Waals surface area contributed by atoms with Gasteiger partial charge in [-0.1, -0.05) is 26.7 Å². The van der Waals surface area contributed by atoms with Crippen molar-refractivity contribution in [3.8, 4) is 0 Å². The molecule has 0 radical (unpaired) electrons. The van der Waals surface area contributed by atoms with Crippen LogP contribution in [0, 0.1) is 11.8 Å². The summed E-state index contributed by atoms with van der Waals surface area (Å²) < 4.78 is 0. The minimum absolute atomic E-state index is 0. The standard InChI is InChI=1S/C15H30N4.HI/c1-12(2)10-19-8-7-13(11-19)9-17-15(16)18-14-5-3-4-6-14;/h12-14H,3-11H2,1-2H3,(H3,16,17,18);1H. The average molecular weight is 394 g/mol. The normalized spacial score (nSPS) is 25.1. The zero-order valence-electron chi connectivity index (χ0n) is 13.0. The summed E-state index contributed by atoms with van der Waals surface area (Å²) in [6.07, 6.45) is 6.44. The van der Waals surface area contributed by atoms with E-state index in [1.165, 1.54) is 51.7 Å². The van der Waals surface area contributed by atoms with Gasteiger partial charge >= 0.3 is 0 Å². The van der Waals surface area contributed by atoms with Crippen molar-refractivity contribution in [2.24, 2.45) is 22.6 Å². The van der Waals surface area contributed by atoms with Gasteiger partial charge in [0.25, 0.3) is 0 Å². The number of guanidine groups is 1. The topological polar surface area (TPSA) is 53.6 Å². The summed E-state index contributed by atoms with van der Waals surface area (Å²) in [4.78, 5) is 7.10. The van der Waals surface area contributed by atoms with Crippen molar-refractivity contribution >= 4 is 29.9 Å². The Morgan fingerprint density at radius 1 is 1.30 bits per heavy atom. The molecule has 2 aliphatic rings. The fourth-order valence-corrected chi connectivity index (χ4v) is 3.30. The largest absolute Gasteiger partial charge is 0.370 e. The van der Waals surface area contributed by atoms with Crippen molar-refractivity contribution < 1.29 is 0 Å². The second-order valence-electron chi connectivity index (χ2n) is 6.66. The number of hydrogen-bond donors (Lipinski definition) is 2. The molecule has 118 valence electrons. The Hall–Kier alpha value is -0.0400. The number of aliphatic imine (C=N–C) groups is 1. The number of nitrogens with one attached hydrogen (secondary N) is 1. The average Bonchev–Trinajstić information content (AvgIpc) is 2.97. The van der Waals surface area contributed by atoms with Gasteiger partial charge in [-0.15, -0.1) is 24.0 Å². The highest BCUT2D eigenvalue weighted by molar-refractivity contribution is 14.0. The van der Waals surface area contributed by atoms with Crippen LogP contribution in [-0.2, 0) is 0 Å². The van der Waals surface area contributed by atoms with Crippen LogP contribution < -0.4 is 11.1 Å². The molecule has 1 aliphatic carbocycles. The maximum absolute atomic E-state index is 5.97. The molecule has 0 aromatic heterocycles. The van der Waals surface area contributed by atoms with Gasteiger partial charge in [0.15, 0.2) is 5.96 Å². The van der Waals surface area contributed by atoms with E-state index < -0.39 is 0 Å². The van der Waals surface area contributed by atoms with Gasteiger partial charge in [-0.2, -0.15) is 0 Å². The molecule has 0 bridgehead atoms. The van der Waals surface area contributed by atoms with Gasteiger partial charge in [0, 0.05) is 25.7 Å². The first kappa shape index (κ1) is 18.0. The van der Waals surface area contributed by atoms with E-state index in [0.717, 1.165) is 12.5 Å². The zero-order chi connectivity index (χ0) is 13.7. The van der Waals surface area contributed by atoms with Gasteiger partial charge in [-0.3, -0.25) is 4.99 Å². The van der Waals surface area contributed by atoms with Crippen LogP contribution in [0.5, 0.6) is 0 Å². The van der Waals surface area contributed by atoms with Crippen LogP contribution in [0.15, 0.2) is 4.99 Å². The smallest absolute Gasteiger partial charge is 0.188 e. The molecule has 20 heavy (non-hydrogen) atoms. The van der Waals surface area contributed by atoms with E-state index in [-0.39, 0.29) is 24.0 Å². The number of nitrogens with two attached hydrogens (primary N) is 1. The molecule has 2 fully saturated rings. The minimum atomic E-state index is 0. The summed E-state index contributed by atoms with van der Waals surface area (Å²) in [6, 6.07) is 0.574. The molecule has 0 aromatic rings. The first-order valence-electron chi connectivity index (χ1n) is 7.92. The fraction of sp³-hybridized carbons (Fsp3) is 0.933. The highest BCUT2D eigenvalue weighted by Gasteiger charge is 2.22. The Kier molecular flexibility index (Phi) is 8.17. The third-order valence-electron chi connectivity index (χ3n) is 4.22. The molecule has 4 nitrogen and oxygen atoms in total. The van der Waals surface area contributed by atoms with Crippen molar-refractivity contribution in [3.63, 3.8) is 0 Å². The molecule has 1 saturated heterocycles. The van der Waals surface area contributed by atoms with Gasteiger partial charge in [-0.25, -0.2) is 0 Å². The Labute approximate surface area is 141 Å². The molecule has 1 atom stereocenters. The molecule has 1 aliphatic heterocycles. The Bertz CT molecular complexity index is 300. The minimum Gasteiger partial charge on any atom is -0.370 e. The zero-order valence-corrected chi connectivity index (χ0v) is 15.3. The van der Waals surface area contributed by atoms with Crippen molar-refractivity contribution in [3.05, 3.63) is 0 Å². The van der Waals surface area contributed by atoms with E-state index in [9.17, 15) is 0 Å². The molecule has 0 spiro atoms. The molecule has 2 rings (SSSR count). The predicted molar refractivity (Wildman–Crippen MR) is 96.7 cm³/mol. The lowest BCUT2D eigenvalue weighted by molar-refractivity contribution is 0.288. The molecule has 0 aromatic carbocycles. The van der Waals surface area contributed by atoms with E-state index >= 15 is 0 Å². The molecule has 3 N–H and O–H groups in total. The third kappa shape index (κ3) is 6.16. The van der Waals surface area contributed by atoms with E-state index in [2.05, 4.69) is 29.1 Å². The van der Waals surface area contributed by atoms with E-state index in [1.807, 2.05) is 0 Å². The van der Waals surface area contributed by atoms with Crippen LogP contribution in [0.4, 0.5) is 0 Å². The third-order valence-corrected chi connectivity index (χ3v) is 4.22. The molecular formula is C15H31IN4. The highest BCUT2D eigenvalue weighted by Crippen LogP contribution is 2.18. The van der Waals surface area contributed by atoms with Crippen LogP contribution >= 0.6 is 24.0 Å². The highest BCUT2D eigenvalue weighted by atomic mass is 127. The molecule has 1 unspecified atom stereocenters. The van der Waals surface area contributed by atoms with E-state index in [1.54, 1.807) is 0 Å². The summed E-state index contributed by atoms with van der Waals surface area (Å²) in [7, 11) is 0. The van der Waals surface area contributed by atoms with Crippen LogP contribution in [-0.4, -0.2) is 43.1 Å². The lowest BCUT2D eigenvalue weighted by Crippen LogP contribution is -2.39.